The average molecular weight is 271 g/mol. The Morgan fingerprint density at radius 2 is 1.85 bits per heavy atom. The molecule has 1 aromatic rings. The molecule has 3 rings (SSSR count). The number of hydrogen-bond acceptors (Lipinski definition) is 1. The van der Waals surface area contributed by atoms with Gasteiger partial charge in [-0.05, 0) is 55.1 Å². The molecule has 0 unspecified atom stereocenters. The van der Waals surface area contributed by atoms with Gasteiger partial charge in [0.1, 0.15) is 0 Å². The number of benzene rings is 1. The van der Waals surface area contributed by atoms with Gasteiger partial charge in [-0.2, -0.15) is 0 Å². The summed E-state index contributed by atoms with van der Waals surface area (Å²) in [6.45, 7) is 9.16. The van der Waals surface area contributed by atoms with E-state index in [0.717, 1.165) is 17.9 Å². The number of aryl methyl sites for hydroxylation is 1. The molecule has 0 radical (unpaired) electrons. The molecule has 1 N–H and O–H groups in total. The highest BCUT2D eigenvalue weighted by molar-refractivity contribution is 5.94. The molecule has 2 nitrogen and oxygen atoms in total. The van der Waals surface area contributed by atoms with Crippen molar-refractivity contribution in [3.8, 4) is 0 Å². The van der Waals surface area contributed by atoms with E-state index in [1.54, 1.807) is 0 Å². The third-order valence-corrected chi connectivity index (χ3v) is 6.41. The first kappa shape index (κ1) is 13.7. The van der Waals surface area contributed by atoms with Crippen LogP contribution in [0.2, 0.25) is 0 Å². The largest absolute Gasteiger partial charge is 0.349 e. The van der Waals surface area contributed by atoms with Gasteiger partial charge in [-0.1, -0.05) is 38.5 Å². The molecule has 1 aromatic carbocycles. The molecule has 2 aliphatic rings. The van der Waals surface area contributed by atoms with Crippen LogP contribution in [0.15, 0.2) is 24.3 Å². The van der Waals surface area contributed by atoms with E-state index in [1.165, 1.54) is 18.4 Å². The van der Waals surface area contributed by atoms with Gasteiger partial charge in [-0.3, -0.25) is 4.79 Å². The Bertz CT molecular complexity index is 531. The smallest absolute Gasteiger partial charge is 0.251 e. The maximum Gasteiger partial charge on any atom is 0.251 e. The molecule has 2 aliphatic carbocycles. The Labute approximate surface area is 122 Å². The van der Waals surface area contributed by atoms with Crippen molar-refractivity contribution in [2.24, 2.45) is 16.7 Å². The van der Waals surface area contributed by atoms with Gasteiger partial charge in [0.15, 0.2) is 0 Å². The van der Waals surface area contributed by atoms with E-state index in [1.807, 2.05) is 31.2 Å². The van der Waals surface area contributed by atoms with Crippen molar-refractivity contribution in [2.45, 2.75) is 53.0 Å². The van der Waals surface area contributed by atoms with Crippen molar-refractivity contribution in [1.29, 1.82) is 0 Å². The lowest BCUT2D eigenvalue weighted by Crippen LogP contribution is -2.46. The Kier molecular flexibility index (Phi) is 2.97. The fourth-order valence-electron chi connectivity index (χ4n) is 4.37. The van der Waals surface area contributed by atoms with Gasteiger partial charge in [-0.25, -0.2) is 0 Å². The van der Waals surface area contributed by atoms with Gasteiger partial charge in [-0.15, -0.1) is 0 Å². The number of carbonyl (C=O) groups is 1. The van der Waals surface area contributed by atoms with Crippen LogP contribution in [0.25, 0.3) is 0 Å². The van der Waals surface area contributed by atoms with Gasteiger partial charge >= 0.3 is 0 Å². The van der Waals surface area contributed by atoms with Crippen LogP contribution in [0.5, 0.6) is 0 Å². The summed E-state index contributed by atoms with van der Waals surface area (Å²) in [4.78, 5) is 12.4. The molecule has 0 heterocycles. The summed E-state index contributed by atoms with van der Waals surface area (Å²) < 4.78 is 0. The van der Waals surface area contributed by atoms with Crippen molar-refractivity contribution >= 4 is 5.91 Å². The standard InChI is InChI=1S/C18H25NO/c1-12-5-7-13(8-6-12)16(20)19-15-11-14-9-10-18(15,4)17(14,2)3/h5-8,14-15H,9-11H2,1-4H3,(H,19,20)/t14-,15+,18-/m1/s1. The fourth-order valence-corrected chi connectivity index (χ4v) is 4.37. The van der Waals surface area contributed by atoms with Gasteiger partial charge < -0.3 is 5.32 Å². The molecule has 0 saturated heterocycles. The second kappa shape index (κ2) is 4.34. The summed E-state index contributed by atoms with van der Waals surface area (Å²) in [6.07, 6.45) is 3.70. The Balaban J connectivity index is 1.76. The number of carbonyl (C=O) groups excluding carboxylic acids is 1. The lowest BCUT2D eigenvalue weighted by Gasteiger charge is -2.39. The summed E-state index contributed by atoms with van der Waals surface area (Å²) in [5, 5.41) is 3.30. The predicted octanol–water partition coefficient (Wildman–Crippen LogP) is 3.94. The molecule has 0 aromatic heterocycles. The van der Waals surface area contributed by atoms with Crippen LogP contribution in [0.4, 0.5) is 0 Å². The van der Waals surface area contributed by atoms with E-state index >= 15 is 0 Å². The van der Waals surface area contributed by atoms with E-state index in [9.17, 15) is 4.79 Å². The van der Waals surface area contributed by atoms with Gasteiger partial charge in [0.05, 0.1) is 0 Å². The molecule has 2 saturated carbocycles. The van der Waals surface area contributed by atoms with Gasteiger partial charge in [0.25, 0.3) is 5.91 Å². The first-order valence-corrected chi connectivity index (χ1v) is 7.72. The maximum absolute atomic E-state index is 12.4. The minimum Gasteiger partial charge on any atom is -0.349 e. The van der Waals surface area contributed by atoms with Crippen molar-refractivity contribution in [3.63, 3.8) is 0 Å². The number of fused-ring (bicyclic) bond motifs is 2. The Morgan fingerprint density at radius 1 is 1.20 bits per heavy atom. The lowest BCUT2D eigenvalue weighted by molar-refractivity contribution is 0.0826. The van der Waals surface area contributed by atoms with Crippen molar-refractivity contribution in [2.75, 3.05) is 0 Å². The summed E-state index contributed by atoms with van der Waals surface area (Å²) in [7, 11) is 0. The van der Waals surface area contributed by atoms with E-state index in [-0.39, 0.29) is 11.3 Å². The predicted molar refractivity (Wildman–Crippen MR) is 81.7 cm³/mol. The monoisotopic (exact) mass is 271 g/mol. The number of hydrogen-bond donors (Lipinski definition) is 1. The minimum absolute atomic E-state index is 0.0829. The molecular weight excluding hydrogens is 246 g/mol. The second-order valence-electron chi connectivity index (χ2n) is 7.50. The minimum atomic E-state index is 0.0829. The van der Waals surface area contributed by atoms with Crippen LogP contribution in [0.3, 0.4) is 0 Å². The van der Waals surface area contributed by atoms with E-state index < -0.39 is 0 Å². The molecule has 2 bridgehead atoms. The van der Waals surface area contributed by atoms with Crippen LogP contribution >= 0.6 is 0 Å². The highest BCUT2D eigenvalue weighted by Gasteiger charge is 2.61. The van der Waals surface area contributed by atoms with Crippen molar-refractivity contribution in [1.82, 2.24) is 5.32 Å². The molecule has 0 aliphatic heterocycles. The third-order valence-electron chi connectivity index (χ3n) is 6.41. The summed E-state index contributed by atoms with van der Waals surface area (Å²) in [5.41, 5.74) is 2.56. The zero-order valence-electron chi connectivity index (χ0n) is 13.0. The van der Waals surface area contributed by atoms with Gasteiger partial charge in [0, 0.05) is 11.6 Å². The Morgan fingerprint density at radius 3 is 2.35 bits per heavy atom. The van der Waals surface area contributed by atoms with E-state index in [4.69, 9.17) is 0 Å². The van der Waals surface area contributed by atoms with Crippen LogP contribution in [0.1, 0.15) is 56.0 Å². The summed E-state index contributed by atoms with van der Waals surface area (Å²) in [5.74, 6) is 0.843. The first-order chi connectivity index (χ1) is 9.34. The first-order valence-electron chi connectivity index (χ1n) is 7.72. The topological polar surface area (TPSA) is 29.1 Å². The van der Waals surface area contributed by atoms with E-state index in [0.29, 0.717) is 11.5 Å². The summed E-state index contributed by atoms with van der Waals surface area (Å²) >= 11 is 0. The zero-order valence-corrected chi connectivity index (χ0v) is 13.0. The molecule has 2 heteroatoms. The van der Waals surface area contributed by atoms with Crippen LogP contribution in [-0.4, -0.2) is 11.9 Å². The summed E-state index contributed by atoms with van der Waals surface area (Å²) in [6, 6.07) is 8.17. The number of rotatable bonds is 2. The molecule has 20 heavy (non-hydrogen) atoms. The molecule has 0 spiro atoms. The molecule has 1 amide bonds. The van der Waals surface area contributed by atoms with E-state index in [2.05, 4.69) is 26.1 Å². The Hall–Kier alpha value is -1.31. The van der Waals surface area contributed by atoms with Crippen LogP contribution in [0, 0.1) is 23.7 Å². The highest BCUT2D eigenvalue weighted by atomic mass is 16.1. The molecular formula is C18H25NO. The van der Waals surface area contributed by atoms with Crippen LogP contribution in [-0.2, 0) is 0 Å². The SMILES string of the molecule is Cc1ccc(C(=O)N[C@H]2C[C@H]3CC[C@@]2(C)C3(C)C)cc1. The number of nitrogens with one attached hydrogen (secondary N) is 1. The third kappa shape index (κ3) is 1.81. The molecule has 2 fully saturated rings. The second-order valence-corrected chi connectivity index (χ2v) is 7.50. The normalized spacial score (nSPS) is 34.2. The maximum atomic E-state index is 12.4. The lowest BCUT2D eigenvalue weighted by atomic mass is 9.69. The highest BCUT2D eigenvalue weighted by Crippen LogP contribution is 2.65. The quantitative estimate of drug-likeness (QED) is 0.867. The van der Waals surface area contributed by atoms with Crippen molar-refractivity contribution in [3.05, 3.63) is 35.4 Å². The van der Waals surface area contributed by atoms with Gasteiger partial charge in [0.2, 0.25) is 0 Å². The molecule has 3 atom stereocenters. The number of amides is 1. The van der Waals surface area contributed by atoms with Crippen LogP contribution < -0.4 is 5.32 Å². The zero-order chi connectivity index (χ0) is 14.5. The fraction of sp³-hybridized carbons (Fsp3) is 0.611. The van der Waals surface area contributed by atoms with Crippen molar-refractivity contribution < 1.29 is 4.79 Å². The average Bonchev–Trinajstić information content (AvgIpc) is 2.72. The molecule has 108 valence electrons.